The largest absolute Gasteiger partial charge is 0.494 e. The van der Waals surface area contributed by atoms with Gasteiger partial charge < -0.3 is 19.3 Å². The van der Waals surface area contributed by atoms with Gasteiger partial charge in [0.25, 0.3) is 0 Å². The second kappa shape index (κ2) is 10.2. The van der Waals surface area contributed by atoms with Gasteiger partial charge in [-0.05, 0) is 44.4 Å². The third-order valence-electron chi connectivity index (χ3n) is 6.31. The van der Waals surface area contributed by atoms with Crippen molar-refractivity contribution in [1.29, 1.82) is 0 Å². The first-order valence-corrected chi connectivity index (χ1v) is 11.8. The lowest BCUT2D eigenvalue weighted by atomic mass is 9.93. The molecule has 9 heteroatoms. The monoisotopic (exact) mass is 456 g/mol. The molecule has 1 aliphatic carbocycles. The topological polar surface area (TPSA) is 101 Å². The van der Waals surface area contributed by atoms with Crippen LogP contribution in [0.4, 0.5) is 5.69 Å². The average molecular weight is 457 g/mol. The van der Waals surface area contributed by atoms with E-state index in [0.717, 1.165) is 42.7 Å². The molecule has 0 aromatic heterocycles. The third-order valence-corrected chi connectivity index (χ3v) is 6.31. The highest BCUT2D eigenvalue weighted by Crippen LogP contribution is 2.30. The van der Waals surface area contributed by atoms with E-state index in [1.54, 1.807) is 11.8 Å². The number of carbonyl (C=O) groups is 3. The number of nitrogens with one attached hydrogen (secondary N) is 1. The van der Waals surface area contributed by atoms with Gasteiger partial charge in [-0.2, -0.15) is 0 Å². The summed E-state index contributed by atoms with van der Waals surface area (Å²) in [6, 6.07) is 5.81. The summed E-state index contributed by atoms with van der Waals surface area (Å²) in [5.74, 6) is 0.893. The quantitative estimate of drug-likeness (QED) is 0.367. The lowest BCUT2D eigenvalue weighted by molar-refractivity contribution is -0.165. The first kappa shape index (κ1) is 23.1. The van der Waals surface area contributed by atoms with Gasteiger partial charge in [0.05, 0.1) is 12.3 Å². The van der Waals surface area contributed by atoms with Crippen LogP contribution in [0.15, 0.2) is 23.2 Å². The van der Waals surface area contributed by atoms with Gasteiger partial charge in [0.1, 0.15) is 12.3 Å². The number of hydrogen-bond donors (Lipinski definition) is 1. The number of benzene rings is 1. The van der Waals surface area contributed by atoms with Crippen LogP contribution in [0, 0.1) is 0 Å². The summed E-state index contributed by atoms with van der Waals surface area (Å²) < 4.78 is 11.2. The number of guanidine groups is 1. The highest BCUT2D eigenvalue weighted by molar-refractivity contribution is 6.05. The van der Waals surface area contributed by atoms with Crippen molar-refractivity contribution >= 4 is 29.4 Å². The fourth-order valence-electron chi connectivity index (χ4n) is 4.83. The number of esters is 1. The van der Waals surface area contributed by atoms with E-state index in [-0.39, 0.29) is 23.8 Å². The average Bonchev–Trinajstić information content (AvgIpc) is 3.14. The SMILES string of the molecule is CC(=O)OC(C)N(C(=O)CCCOc1ccc2c(c1)CN1CC(=O)NC1=N2)C1CCCCC1. The molecule has 1 unspecified atom stereocenters. The molecule has 33 heavy (non-hydrogen) atoms. The molecule has 4 rings (SSSR count). The molecular formula is C24H32N4O5. The molecule has 9 nitrogen and oxygen atoms in total. The number of carbonyl (C=O) groups excluding carboxylic acids is 3. The maximum absolute atomic E-state index is 13.0. The van der Waals surface area contributed by atoms with Gasteiger partial charge in [-0.15, -0.1) is 0 Å². The van der Waals surface area contributed by atoms with E-state index in [1.807, 2.05) is 23.1 Å². The van der Waals surface area contributed by atoms with E-state index in [1.165, 1.54) is 13.3 Å². The molecule has 2 aliphatic heterocycles. The highest BCUT2D eigenvalue weighted by Gasteiger charge is 2.31. The molecule has 1 saturated carbocycles. The molecule has 2 fully saturated rings. The number of rotatable bonds is 8. The first-order chi connectivity index (χ1) is 15.9. The zero-order valence-electron chi connectivity index (χ0n) is 19.3. The Kier molecular flexibility index (Phi) is 7.15. The molecule has 3 aliphatic rings. The zero-order chi connectivity index (χ0) is 23.4. The van der Waals surface area contributed by atoms with Crippen molar-refractivity contribution in [3.05, 3.63) is 23.8 Å². The smallest absolute Gasteiger partial charge is 0.304 e. The van der Waals surface area contributed by atoms with Crippen LogP contribution in [0.1, 0.15) is 64.4 Å². The molecule has 1 atom stereocenters. The van der Waals surface area contributed by atoms with Crippen LogP contribution in [-0.2, 0) is 25.7 Å². The van der Waals surface area contributed by atoms with Gasteiger partial charge in [0.2, 0.25) is 17.8 Å². The number of amides is 2. The van der Waals surface area contributed by atoms with Crippen molar-refractivity contribution < 1.29 is 23.9 Å². The van der Waals surface area contributed by atoms with Crippen molar-refractivity contribution in [2.45, 2.75) is 77.6 Å². The van der Waals surface area contributed by atoms with Crippen LogP contribution in [0.25, 0.3) is 0 Å². The Morgan fingerprint density at radius 2 is 2.03 bits per heavy atom. The van der Waals surface area contributed by atoms with E-state index >= 15 is 0 Å². The predicted octanol–water partition coefficient (Wildman–Crippen LogP) is 2.85. The van der Waals surface area contributed by atoms with Crippen molar-refractivity contribution in [2.24, 2.45) is 4.99 Å². The Hall–Kier alpha value is -3.10. The molecule has 0 bridgehead atoms. The second-order valence-corrected chi connectivity index (χ2v) is 8.88. The molecular weight excluding hydrogens is 424 g/mol. The van der Waals surface area contributed by atoms with E-state index < -0.39 is 6.23 Å². The van der Waals surface area contributed by atoms with Crippen molar-refractivity contribution in [1.82, 2.24) is 15.1 Å². The van der Waals surface area contributed by atoms with Crippen LogP contribution in [-0.4, -0.2) is 59.0 Å². The summed E-state index contributed by atoms with van der Waals surface area (Å²) in [6.45, 7) is 4.47. The summed E-state index contributed by atoms with van der Waals surface area (Å²) >= 11 is 0. The Bertz CT molecular complexity index is 941. The minimum Gasteiger partial charge on any atom is -0.494 e. The van der Waals surface area contributed by atoms with Crippen LogP contribution in [0.5, 0.6) is 5.75 Å². The maximum atomic E-state index is 13.0. The molecule has 1 aromatic carbocycles. The zero-order valence-corrected chi connectivity index (χ0v) is 19.3. The summed E-state index contributed by atoms with van der Waals surface area (Å²) in [5, 5.41) is 2.76. The minimum atomic E-state index is -0.558. The van der Waals surface area contributed by atoms with Gasteiger partial charge in [0, 0.05) is 31.5 Å². The Labute approximate surface area is 194 Å². The predicted molar refractivity (Wildman–Crippen MR) is 122 cm³/mol. The summed E-state index contributed by atoms with van der Waals surface area (Å²) in [4.78, 5) is 44.2. The van der Waals surface area contributed by atoms with E-state index in [4.69, 9.17) is 9.47 Å². The molecule has 1 saturated heterocycles. The van der Waals surface area contributed by atoms with Crippen molar-refractivity contribution in [3.63, 3.8) is 0 Å². The lowest BCUT2D eigenvalue weighted by Crippen LogP contribution is -2.48. The molecule has 1 aromatic rings. The van der Waals surface area contributed by atoms with Crippen LogP contribution < -0.4 is 10.1 Å². The van der Waals surface area contributed by atoms with Gasteiger partial charge >= 0.3 is 5.97 Å². The highest BCUT2D eigenvalue weighted by atomic mass is 16.6. The van der Waals surface area contributed by atoms with Crippen LogP contribution in [0.2, 0.25) is 0 Å². The van der Waals surface area contributed by atoms with Crippen molar-refractivity contribution in [2.75, 3.05) is 13.2 Å². The fourth-order valence-corrected chi connectivity index (χ4v) is 4.83. The number of ether oxygens (including phenoxy) is 2. The van der Waals surface area contributed by atoms with Gasteiger partial charge in [0.15, 0.2) is 6.23 Å². The molecule has 178 valence electrons. The van der Waals surface area contributed by atoms with E-state index in [0.29, 0.717) is 38.5 Å². The Morgan fingerprint density at radius 1 is 1.24 bits per heavy atom. The molecule has 2 amide bonds. The number of nitrogens with zero attached hydrogens (tertiary/aromatic N) is 3. The Morgan fingerprint density at radius 3 is 2.79 bits per heavy atom. The third kappa shape index (κ3) is 5.64. The molecule has 2 heterocycles. The van der Waals surface area contributed by atoms with Gasteiger partial charge in [-0.3, -0.25) is 19.7 Å². The first-order valence-electron chi connectivity index (χ1n) is 11.8. The summed E-state index contributed by atoms with van der Waals surface area (Å²) in [5.41, 5.74) is 1.83. The molecule has 0 radical (unpaired) electrons. The van der Waals surface area contributed by atoms with Crippen molar-refractivity contribution in [3.8, 4) is 5.75 Å². The number of hydrogen-bond acceptors (Lipinski definition) is 7. The molecule has 0 spiro atoms. The minimum absolute atomic E-state index is 0.00208. The summed E-state index contributed by atoms with van der Waals surface area (Å²) in [7, 11) is 0. The fraction of sp³-hybridized carbons (Fsp3) is 0.583. The maximum Gasteiger partial charge on any atom is 0.304 e. The normalized spacial score (nSPS) is 18.5. The van der Waals surface area contributed by atoms with E-state index in [2.05, 4.69) is 10.3 Å². The standard InChI is InChI=1S/C24H32N4O5/c1-16(33-17(2)29)28(19-7-4-3-5-8-19)23(31)9-6-12-32-20-10-11-21-18(13-20)14-27-15-22(30)26-24(27)25-21/h10-11,13,16,19H,3-9,12,14-15H2,1-2H3,(H,25,26,30). The Balaban J connectivity index is 1.30. The summed E-state index contributed by atoms with van der Waals surface area (Å²) in [6.07, 6.45) is 5.62. The number of fused-ring (bicyclic) bond motifs is 2. The van der Waals surface area contributed by atoms with E-state index in [9.17, 15) is 14.4 Å². The second-order valence-electron chi connectivity index (χ2n) is 8.88. The number of aliphatic imine (C=N–C) groups is 1. The molecule has 1 N–H and O–H groups in total. The van der Waals surface area contributed by atoms with Gasteiger partial charge in [-0.25, -0.2) is 4.99 Å². The van der Waals surface area contributed by atoms with Gasteiger partial charge in [-0.1, -0.05) is 19.3 Å². The van der Waals surface area contributed by atoms with Crippen LogP contribution in [0.3, 0.4) is 0 Å². The van der Waals surface area contributed by atoms with Crippen LogP contribution >= 0.6 is 0 Å². The lowest BCUT2D eigenvalue weighted by Gasteiger charge is -2.38.